The third kappa shape index (κ3) is 4.98. The van der Waals surface area contributed by atoms with Gasteiger partial charge >= 0.3 is 0 Å². The van der Waals surface area contributed by atoms with Gasteiger partial charge in [0, 0.05) is 12.0 Å². The summed E-state index contributed by atoms with van der Waals surface area (Å²) in [5.74, 6) is 1.51. The van der Waals surface area contributed by atoms with Crippen molar-refractivity contribution in [3.05, 3.63) is 11.8 Å². The summed E-state index contributed by atoms with van der Waals surface area (Å²) in [6.07, 6.45) is 2.13. The van der Waals surface area contributed by atoms with E-state index in [4.69, 9.17) is 3.07 Å². The first-order valence-corrected chi connectivity index (χ1v) is 5.23. The van der Waals surface area contributed by atoms with Gasteiger partial charge in [-0.1, -0.05) is 20.8 Å². The highest BCUT2D eigenvalue weighted by Gasteiger charge is 2.05. The zero-order valence-corrected chi connectivity index (χ0v) is 10.4. The van der Waals surface area contributed by atoms with Crippen molar-refractivity contribution in [2.45, 2.75) is 33.7 Å². The van der Waals surface area contributed by atoms with Gasteiger partial charge < -0.3 is 8.38 Å². The molecule has 0 aliphatic rings. The summed E-state index contributed by atoms with van der Waals surface area (Å²) in [6.45, 7) is 9.47. The van der Waals surface area contributed by atoms with E-state index < -0.39 is 0 Å². The van der Waals surface area contributed by atoms with Crippen LogP contribution in [-0.2, 0) is 3.07 Å². The molecule has 0 spiro atoms. The molecule has 1 unspecified atom stereocenters. The zero-order chi connectivity index (χ0) is 9.56. The van der Waals surface area contributed by atoms with Crippen molar-refractivity contribution >= 4 is 23.0 Å². The Balaban J connectivity index is 4.07. The lowest BCUT2D eigenvalue weighted by Crippen LogP contribution is -2.24. The SMILES string of the molecule is CCNC(C)/C=C(/OI)C(C)C. The van der Waals surface area contributed by atoms with Gasteiger partial charge in [0.25, 0.3) is 0 Å². The Bertz CT molecular complexity index is 145. The minimum atomic E-state index is 0.391. The topological polar surface area (TPSA) is 21.3 Å². The second kappa shape index (κ2) is 6.71. The van der Waals surface area contributed by atoms with Gasteiger partial charge in [0.1, 0.15) is 5.76 Å². The van der Waals surface area contributed by atoms with Crippen LogP contribution in [0.5, 0.6) is 0 Å². The fraction of sp³-hybridized carbons (Fsp3) is 0.778. The van der Waals surface area contributed by atoms with Crippen LogP contribution in [0.2, 0.25) is 0 Å². The quantitative estimate of drug-likeness (QED) is 0.619. The standard InChI is InChI=1S/C9H18INO/c1-5-11-8(4)6-9(12-10)7(2)3/h6-8,11H,5H2,1-4H3/b9-6+. The Morgan fingerprint density at radius 2 is 2.08 bits per heavy atom. The van der Waals surface area contributed by atoms with E-state index in [2.05, 4.69) is 39.1 Å². The van der Waals surface area contributed by atoms with E-state index in [-0.39, 0.29) is 0 Å². The molecule has 0 amide bonds. The third-order valence-corrected chi connectivity index (χ3v) is 2.11. The second-order valence-corrected chi connectivity index (χ2v) is 3.59. The van der Waals surface area contributed by atoms with E-state index in [1.807, 2.05) is 23.0 Å². The van der Waals surface area contributed by atoms with Crippen molar-refractivity contribution in [1.82, 2.24) is 5.32 Å². The Hall–Kier alpha value is 0.230. The zero-order valence-electron chi connectivity index (χ0n) is 8.23. The van der Waals surface area contributed by atoms with Crippen molar-refractivity contribution in [3.8, 4) is 0 Å². The number of nitrogens with one attached hydrogen (secondary N) is 1. The monoisotopic (exact) mass is 283 g/mol. The van der Waals surface area contributed by atoms with Gasteiger partial charge in [-0.3, -0.25) is 0 Å². The normalized spacial score (nSPS) is 15.0. The molecule has 0 aromatic heterocycles. The minimum Gasteiger partial charge on any atom is -0.432 e. The summed E-state index contributed by atoms with van der Waals surface area (Å²) in [5.41, 5.74) is 0. The molecule has 0 aliphatic carbocycles. The van der Waals surface area contributed by atoms with Crippen LogP contribution in [0.15, 0.2) is 11.8 Å². The Labute approximate surface area is 89.4 Å². The first-order valence-electron chi connectivity index (χ1n) is 4.35. The molecule has 72 valence electrons. The molecule has 0 aromatic carbocycles. The molecular formula is C9H18INO. The highest BCUT2D eigenvalue weighted by Crippen LogP contribution is 2.14. The van der Waals surface area contributed by atoms with Crippen LogP contribution in [-0.4, -0.2) is 12.6 Å². The summed E-state index contributed by atoms with van der Waals surface area (Å²) >= 11 is 1.93. The molecule has 3 heteroatoms. The molecule has 0 saturated carbocycles. The lowest BCUT2D eigenvalue weighted by atomic mass is 10.1. The molecule has 0 aromatic rings. The van der Waals surface area contributed by atoms with E-state index in [1.54, 1.807) is 0 Å². The van der Waals surface area contributed by atoms with Crippen molar-refractivity contribution in [2.75, 3.05) is 6.54 Å². The van der Waals surface area contributed by atoms with Crippen LogP contribution in [0.3, 0.4) is 0 Å². The summed E-state index contributed by atoms with van der Waals surface area (Å²) in [6, 6.07) is 0.391. The van der Waals surface area contributed by atoms with Crippen LogP contribution in [0.1, 0.15) is 27.7 Å². The average molecular weight is 283 g/mol. The van der Waals surface area contributed by atoms with Crippen molar-refractivity contribution in [3.63, 3.8) is 0 Å². The molecule has 1 atom stereocenters. The first kappa shape index (κ1) is 12.2. The molecule has 0 rings (SSSR count). The summed E-state index contributed by atoms with van der Waals surface area (Å²) in [4.78, 5) is 0. The largest absolute Gasteiger partial charge is 0.432 e. The Kier molecular flexibility index (Phi) is 6.84. The van der Waals surface area contributed by atoms with Gasteiger partial charge in [-0.15, -0.1) is 0 Å². The first-order chi connectivity index (χ1) is 5.61. The molecule has 0 radical (unpaired) electrons. The number of hydrogen-bond acceptors (Lipinski definition) is 2. The van der Waals surface area contributed by atoms with Crippen molar-refractivity contribution in [1.29, 1.82) is 0 Å². The van der Waals surface area contributed by atoms with Crippen LogP contribution in [0, 0.1) is 5.92 Å². The Morgan fingerprint density at radius 3 is 2.42 bits per heavy atom. The lowest BCUT2D eigenvalue weighted by molar-refractivity contribution is 0.457. The fourth-order valence-corrected chi connectivity index (χ4v) is 1.59. The van der Waals surface area contributed by atoms with Gasteiger partial charge in [0.05, 0.1) is 0 Å². The summed E-state index contributed by atoms with van der Waals surface area (Å²) in [7, 11) is 0. The van der Waals surface area contributed by atoms with E-state index in [0.717, 1.165) is 12.3 Å². The van der Waals surface area contributed by atoms with Gasteiger partial charge in [-0.2, -0.15) is 0 Å². The van der Waals surface area contributed by atoms with Crippen LogP contribution < -0.4 is 5.32 Å². The number of rotatable bonds is 5. The minimum absolute atomic E-state index is 0.391. The number of halogens is 1. The average Bonchev–Trinajstić information content (AvgIpc) is 2.00. The van der Waals surface area contributed by atoms with Gasteiger partial charge in [0.15, 0.2) is 23.0 Å². The van der Waals surface area contributed by atoms with Crippen LogP contribution in [0.25, 0.3) is 0 Å². The van der Waals surface area contributed by atoms with E-state index >= 15 is 0 Å². The van der Waals surface area contributed by atoms with E-state index in [0.29, 0.717) is 12.0 Å². The van der Waals surface area contributed by atoms with E-state index in [1.165, 1.54) is 0 Å². The lowest BCUT2D eigenvalue weighted by Gasteiger charge is -2.12. The third-order valence-electron chi connectivity index (χ3n) is 1.60. The van der Waals surface area contributed by atoms with Crippen LogP contribution >= 0.6 is 23.0 Å². The molecule has 0 fully saturated rings. The number of hydrogen-bond donors (Lipinski definition) is 1. The maximum absolute atomic E-state index is 5.22. The molecule has 2 nitrogen and oxygen atoms in total. The molecular weight excluding hydrogens is 265 g/mol. The van der Waals surface area contributed by atoms with Gasteiger partial charge in [-0.25, -0.2) is 0 Å². The second-order valence-electron chi connectivity index (χ2n) is 3.15. The molecule has 0 heterocycles. The van der Waals surface area contributed by atoms with Gasteiger partial charge in [-0.05, 0) is 19.5 Å². The number of allylic oxidation sites excluding steroid dienone is 1. The predicted molar refractivity (Wildman–Crippen MR) is 61.2 cm³/mol. The van der Waals surface area contributed by atoms with Crippen molar-refractivity contribution in [2.24, 2.45) is 5.92 Å². The molecule has 0 saturated heterocycles. The van der Waals surface area contributed by atoms with Gasteiger partial charge in [0.2, 0.25) is 0 Å². The summed E-state index contributed by atoms with van der Waals surface area (Å²) in [5, 5.41) is 3.31. The molecule has 1 N–H and O–H groups in total. The highest BCUT2D eigenvalue weighted by atomic mass is 127. The molecule has 12 heavy (non-hydrogen) atoms. The molecule has 0 bridgehead atoms. The van der Waals surface area contributed by atoms with Crippen molar-refractivity contribution < 1.29 is 3.07 Å². The predicted octanol–water partition coefficient (Wildman–Crippen LogP) is 2.89. The molecule has 0 aliphatic heterocycles. The highest BCUT2D eigenvalue weighted by molar-refractivity contribution is 14.1. The fourth-order valence-electron chi connectivity index (χ4n) is 0.935. The number of likely N-dealkylation sites (N-methyl/N-ethyl adjacent to an activating group) is 1. The smallest absolute Gasteiger partial charge is 0.192 e. The maximum Gasteiger partial charge on any atom is 0.192 e. The van der Waals surface area contributed by atoms with E-state index in [9.17, 15) is 0 Å². The maximum atomic E-state index is 5.22. The summed E-state index contributed by atoms with van der Waals surface area (Å²) < 4.78 is 5.22. The van der Waals surface area contributed by atoms with Crippen LogP contribution in [0.4, 0.5) is 0 Å². The Morgan fingerprint density at radius 1 is 1.50 bits per heavy atom.